The predicted molar refractivity (Wildman–Crippen MR) is 51.2 cm³/mol. The van der Waals surface area contributed by atoms with Gasteiger partial charge in [0.25, 0.3) is 0 Å². The number of nitrogens with zero attached hydrogens (tertiary/aromatic N) is 1. The number of piperidine rings is 2. The van der Waals surface area contributed by atoms with Gasteiger partial charge in [-0.3, -0.25) is 0 Å². The fraction of sp³-hybridized carbons (Fsp3) is 1.00. The second kappa shape index (κ2) is 3.35. The van der Waals surface area contributed by atoms with Crippen molar-refractivity contribution in [2.75, 3.05) is 26.2 Å². The van der Waals surface area contributed by atoms with Crippen LogP contribution in [0.25, 0.3) is 0 Å². The molecule has 2 nitrogen and oxygen atoms in total. The molecule has 2 aliphatic rings. The van der Waals surface area contributed by atoms with Crippen molar-refractivity contribution in [2.24, 2.45) is 11.8 Å². The van der Waals surface area contributed by atoms with E-state index in [2.05, 4.69) is 24.1 Å². The lowest BCUT2D eigenvalue weighted by Crippen LogP contribution is -2.54. The Morgan fingerprint density at radius 3 is 3.00 bits per heavy atom. The lowest BCUT2D eigenvalue weighted by molar-refractivity contribution is 0.0770. The van der Waals surface area contributed by atoms with E-state index in [0.717, 1.165) is 17.9 Å². The third-order valence-electron chi connectivity index (χ3n) is 3.53. The van der Waals surface area contributed by atoms with Gasteiger partial charge in [-0.2, -0.15) is 0 Å². The molecule has 2 bridgehead atoms. The molecule has 2 saturated heterocycles. The molecule has 0 aromatic carbocycles. The number of hydrogen-bond acceptors (Lipinski definition) is 2. The van der Waals surface area contributed by atoms with Gasteiger partial charge in [0, 0.05) is 19.1 Å². The molecule has 0 aliphatic carbocycles. The van der Waals surface area contributed by atoms with Crippen molar-refractivity contribution in [3.05, 3.63) is 0 Å². The summed E-state index contributed by atoms with van der Waals surface area (Å²) < 4.78 is 0. The maximum atomic E-state index is 3.60. The Morgan fingerprint density at radius 1 is 1.42 bits per heavy atom. The van der Waals surface area contributed by atoms with Gasteiger partial charge in [-0.05, 0) is 38.3 Å². The first-order valence-corrected chi connectivity index (χ1v) is 5.25. The van der Waals surface area contributed by atoms with E-state index in [0.29, 0.717) is 0 Å². The molecular formula is C10H20N2. The molecular weight excluding hydrogens is 148 g/mol. The molecule has 0 aromatic rings. The van der Waals surface area contributed by atoms with Crippen molar-refractivity contribution in [3.63, 3.8) is 0 Å². The Balaban J connectivity index is 1.99. The number of rotatable bonds is 1. The van der Waals surface area contributed by atoms with Gasteiger partial charge in [-0.15, -0.1) is 0 Å². The van der Waals surface area contributed by atoms with E-state index in [-0.39, 0.29) is 0 Å². The van der Waals surface area contributed by atoms with Crippen LogP contribution in [-0.4, -0.2) is 37.1 Å². The molecule has 0 aromatic heterocycles. The second-order valence-corrected chi connectivity index (χ2v) is 4.41. The van der Waals surface area contributed by atoms with Crippen molar-refractivity contribution in [3.8, 4) is 0 Å². The number of hydrogen-bond donors (Lipinski definition) is 1. The smallest absolute Gasteiger partial charge is 0.00794 e. The van der Waals surface area contributed by atoms with Crippen molar-refractivity contribution < 1.29 is 0 Å². The molecule has 0 radical (unpaired) electrons. The van der Waals surface area contributed by atoms with Crippen LogP contribution in [0.4, 0.5) is 0 Å². The summed E-state index contributed by atoms with van der Waals surface area (Å²) in [5, 5.41) is 3.60. The highest BCUT2D eigenvalue weighted by Gasteiger charge is 2.33. The Kier molecular flexibility index (Phi) is 2.37. The third-order valence-corrected chi connectivity index (χ3v) is 3.53. The number of fused-ring (bicyclic) bond motifs is 2. The summed E-state index contributed by atoms with van der Waals surface area (Å²) in [6, 6.07) is 0.746. The highest BCUT2D eigenvalue weighted by molar-refractivity contribution is 4.89. The lowest BCUT2D eigenvalue weighted by Gasteiger charge is -2.44. The number of nitrogens with one attached hydrogen (secondary N) is 1. The molecule has 0 amide bonds. The van der Waals surface area contributed by atoms with Crippen LogP contribution in [0, 0.1) is 11.8 Å². The quantitative estimate of drug-likeness (QED) is 0.627. The first-order chi connectivity index (χ1) is 5.79. The highest BCUT2D eigenvalue weighted by Crippen LogP contribution is 2.27. The molecule has 1 N–H and O–H groups in total. The number of likely N-dealkylation sites (tertiary alicyclic amines) is 1. The van der Waals surface area contributed by atoms with Gasteiger partial charge < -0.3 is 10.2 Å². The monoisotopic (exact) mass is 168 g/mol. The Labute approximate surface area is 75.3 Å². The van der Waals surface area contributed by atoms with Crippen LogP contribution in [0.1, 0.15) is 20.3 Å². The Hall–Kier alpha value is -0.0800. The molecule has 2 heterocycles. The predicted octanol–water partition coefficient (Wildman–Crippen LogP) is 0.936. The fourth-order valence-electron chi connectivity index (χ4n) is 2.64. The van der Waals surface area contributed by atoms with Gasteiger partial charge in [0.05, 0.1) is 0 Å². The zero-order chi connectivity index (χ0) is 8.55. The average molecular weight is 168 g/mol. The molecule has 2 aliphatic heterocycles. The zero-order valence-corrected chi connectivity index (χ0v) is 8.21. The molecule has 2 fully saturated rings. The topological polar surface area (TPSA) is 15.3 Å². The van der Waals surface area contributed by atoms with Crippen LogP contribution in [0.2, 0.25) is 0 Å². The van der Waals surface area contributed by atoms with E-state index in [1.165, 1.54) is 32.6 Å². The van der Waals surface area contributed by atoms with Crippen molar-refractivity contribution in [1.29, 1.82) is 0 Å². The molecule has 3 atom stereocenters. The van der Waals surface area contributed by atoms with Gasteiger partial charge in [0.2, 0.25) is 0 Å². The van der Waals surface area contributed by atoms with Crippen LogP contribution in [0.15, 0.2) is 0 Å². The van der Waals surface area contributed by atoms with E-state index >= 15 is 0 Å². The van der Waals surface area contributed by atoms with Crippen molar-refractivity contribution in [1.82, 2.24) is 10.2 Å². The summed E-state index contributed by atoms with van der Waals surface area (Å²) in [6.45, 7) is 9.74. The fourth-order valence-corrected chi connectivity index (χ4v) is 2.64. The maximum Gasteiger partial charge on any atom is 0.00794 e. The molecule has 12 heavy (non-hydrogen) atoms. The summed E-state index contributed by atoms with van der Waals surface area (Å²) >= 11 is 0. The van der Waals surface area contributed by atoms with Crippen LogP contribution >= 0.6 is 0 Å². The van der Waals surface area contributed by atoms with E-state index in [9.17, 15) is 0 Å². The SMILES string of the molecule is CCN1C[C@@H]2CN[C@@H](C)[C@@H](C2)C1. The summed E-state index contributed by atoms with van der Waals surface area (Å²) in [7, 11) is 0. The van der Waals surface area contributed by atoms with Gasteiger partial charge in [0.15, 0.2) is 0 Å². The molecule has 2 rings (SSSR count). The first-order valence-electron chi connectivity index (χ1n) is 5.25. The minimum atomic E-state index is 0.746. The van der Waals surface area contributed by atoms with Crippen molar-refractivity contribution in [2.45, 2.75) is 26.3 Å². The average Bonchev–Trinajstić information content (AvgIpc) is 2.12. The van der Waals surface area contributed by atoms with E-state index in [4.69, 9.17) is 0 Å². The van der Waals surface area contributed by atoms with E-state index < -0.39 is 0 Å². The van der Waals surface area contributed by atoms with Gasteiger partial charge >= 0.3 is 0 Å². The Bertz CT molecular complexity index is 156. The summed E-state index contributed by atoms with van der Waals surface area (Å²) in [6.07, 6.45) is 1.46. The van der Waals surface area contributed by atoms with Crippen LogP contribution in [-0.2, 0) is 0 Å². The second-order valence-electron chi connectivity index (χ2n) is 4.41. The molecule has 2 heteroatoms. The first kappa shape index (κ1) is 8.52. The van der Waals surface area contributed by atoms with Gasteiger partial charge in [-0.1, -0.05) is 6.92 Å². The van der Waals surface area contributed by atoms with Gasteiger partial charge in [-0.25, -0.2) is 0 Å². The minimum Gasteiger partial charge on any atom is -0.314 e. The summed E-state index contributed by atoms with van der Waals surface area (Å²) in [5.74, 6) is 1.84. The molecule has 0 unspecified atom stereocenters. The lowest BCUT2D eigenvalue weighted by atomic mass is 9.81. The minimum absolute atomic E-state index is 0.746. The third kappa shape index (κ3) is 1.50. The van der Waals surface area contributed by atoms with E-state index in [1.54, 1.807) is 0 Å². The highest BCUT2D eigenvalue weighted by atomic mass is 15.2. The summed E-state index contributed by atoms with van der Waals surface area (Å²) in [5.41, 5.74) is 0. The Morgan fingerprint density at radius 2 is 2.25 bits per heavy atom. The normalized spacial score (nSPS) is 43.0. The molecule has 70 valence electrons. The summed E-state index contributed by atoms with van der Waals surface area (Å²) in [4.78, 5) is 2.61. The van der Waals surface area contributed by atoms with Gasteiger partial charge in [0.1, 0.15) is 0 Å². The molecule has 0 saturated carbocycles. The van der Waals surface area contributed by atoms with E-state index in [1.807, 2.05) is 0 Å². The molecule has 0 spiro atoms. The maximum absolute atomic E-state index is 3.60. The zero-order valence-electron chi connectivity index (χ0n) is 8.21. The van der Waals surface area contributed by atoms with Crippen LogP contribution < -0.4 is 5.32 Å². The van der Waals surface area contributed by atoms with Crippen LogP contribution in [0.5, 0.6) is 0 Å². The largest absolute Gasteiger partial charge is 0.314 e. The van der Waals surface area contributed by atoms with Crippen LogP contribution in [0.3, 0.4) is 0 Å². The standard InChI is InChI=1S/C10H20N2/c1-3-12-6-9-4-10(7-12)8(2)11-5-9/h8-11H,3-7H2,1-2H3/t8-,9-,10-/m0/s1. The van der Waals surface area contributed by atoms with Crippen molar-refractivity contribution >= 4 is 0 Å².